The van der Waals surface area contributed by atoms with Crippen molar-refractivity contribution in [2.45, 2.75) is 32.7 Å². The van der Waals surface area contributed by atoms with Gasteiger partial charge in [0.05, 0.1) is 10.8 Å². The molecular weight excluding hydrogens is 380 g/mol. The Bertz CT molecular complexity index is 986. The average Bonchev–Trinajstić information content (AvgIpc) is 3.17. The number of nitrogens with zero attached hydrogens (tertiary/aromatic N) is 2. The van der Waals surface area contributed by atoms with E-state index >= 15 is 0 Å². The summed E-state index contributed by atoms with van der Waals surface area (Å²) in [6, 6.07) is 17.5. The zero-order valence-corrected chi connectivity index (χ0v) is 17.8. The predicted molar refractivity (Wildman–Crippen MR) is 118 cm³/mol. The predicted octanol–water partition coefficient (Wildman–Crippen LogP) is 5.68. The first-order valence-electron chi connectivity index (χ1n) is 10.1. The third-order valence-corrected chi connectivity index (χ3v) is 6.91. The first kappa shape index (κ1) is 19.8. The van der Waals surface area contributed by atoms with Crippen LogP contribution >= 0.6 is 11.3 Å². The number of likely N-dealkylation sites (tertiary alicyclic amines) is 1. The molecule has 4 rings (SSSR count). The van der Waals surface area contributed by atoms with E-state index in [1.54, 1.807) is 11.3 Å². The maximum absolute atomic E-state index is 11.0. The Morgan fingerprint density at radius 1 is 1.00 bits per heavy atom. The van der Waals surface area contributed by atoms with Gasteiger partial charge in [0.1, 0.15) is 5.01 Å². The van der Waals surface area contributed by atoms with Crippen LogP contribution in [0, 0.1) is 5.92 Å². The molecule has 29 heavy (non-hydrogen) atoms. The lowest BCUT2D eigenvalue weighted by atomic mass is 9.95. The van der Waals surface area contributed by atoms with Gasteiger partial charge in [0.25, 0.3) is 0 Å². The first-order chi connectivity index (χ1) is 13.9. The summed E-state index contributed by atoms with van der Waals surface area (Å²) in [4.78, 5) is 19.0. The van der Waals surface area contributed by atoms with Gasteiger partial charge in [-0.15, -0.1) is 11.3 Å². The number of carboxylic acid groups (broad SMARTS) is 1. The van der Waals surface area contributed by atoms with Crippen LogP contribution in [-0.4, -0.2) is 34.0 Å². The molecule has 4 nitrogen and oxygen atoms in total. The molecule has 0 radical (unpaired) electrons. The van der Waals surface area contributed by atoms with E-state index in [4.69, 9.17) is 5.11 Å². The fraction of sp³-hybridized carbons (Fsp3) is 0.333. The highest BCUT2D eigenvalue weighted by Crippen LogP contribution is 2.34. The molecule has 1 N–H and O–H groups in total. The number of carboxylic acids is 1. The van der Waals surface area contributed by atoms with E-state index in [2.05, 4.69) is 79.2 Å². The highest BCUT2D eigenvalue weighted by molar-refractivity contribution is 7.18. The summed E-state index contributed by atoms with van der Waals surface area (Å²) >= 11 is 1.71. The molecule has 1 unspecified atom stereocenters. The second-order valence-electron chi connectivity index (χ2n) is 8.09. The van der Waals surface area contributed by atoms with Crippen molar-refractivity contribution in [1.29, 1.82) is 0 Å². The summed E-state index contributed by atoms with van der Waals surface area (Å²) in [5.74, 6) is -0.379. The topological polar surface area (TPSA) is 53.4 Å². The van der Waals surface area contributed by atoms with Crippen molar-refractivity contribution < 1.29 is 9.90 Å². The molecule has 1 aromatic heterocycles. The highest BCUT2D eigenvalue weighted by atomic mass is 32.1. The molecule has 0 aliphatic carbocycles. The zero-order chi connectivity index (χ0) is 20.5. The molecule has 0 amide bonds. The summed E-state index contributed by atoms with van der Waals surface area (Å²) in [5, 5.41) is 10.1. The monoisotopic (exact) mass is 406 g/mol. The van der Waals surface area contributed by atoms with Gasteiger partial charge in [-0.1, -0.05) is 62.4 Å². The molecule has 150 valence electrons. The van der Waals surface area contributed by atoms with Crippen LogP contribution in [0.3, 0.4) is 0 Å². The van der Waals surface area contributed by atoms with E-state index in [0.717, 1.165) is 10.6 Å². The molecular formula is C24H26N2O2S. The molecule has 1 saturated heterocycles. The Hall–Kier alpha value is -2.50. The number of carbonyl (C=O) groups is 1. The van der Waals surface area contributed by atoms with Crippen molar-refractivity contribution >= 4 is 17.3 Å². The van der Waals surface area contributed by atoms with Crippen molar-refractivity contribution in [3.05, 3.63) is 65.9 Å². The number of thiazole rings is 1. The van der Waals surface area contributed by atoms with E-state index in [1.807, 2.05) is 6.20 Å². The SMILES string of the molecule is CC(C)c1ccc(-c2cnc(-c3ccc(C(C)N4CC(C(=O)O)C4)cc3)s2)cc1. The van der Waals surface area contributed by atoms with E-state index in [9.17, 15) is 4.79 Å². The first-order valence-corrected chi connectivity index (χ1v) is 10.9. The summed E-state index contributed by atoms with van der Waals surface area (Å²) in [6.45, 7) is 7.80. The number of hydrogen-bond acceptors (Lipinski definition) is 4. The molecule has 5 heteroatoms. The number of aliphatic carboxylic acids is 1. The minimum absolute atomic E-state index is 0.222. The minimum atomic E-state index is -0.692. The highest BCUT2D eigenvalue weighted by Gasteiger charge is 2.35. The second-order valence-corrected chi connectivity index (χ2v) is 9.12. The van der Waals surface area contributed by atoms with Gasteiger partial charge in [-0.05, 0) is 29.5 Å². The lowest BCUT2D eigenvalue weighted by Crippen LogP contribution is -2.51. The van der Waals surface area contributed by atoms with Crippen molar-refractivity contribution in [2.75, 3.05) is 13.1 Å². The lowest BCUT2D eigenvalue weighted by Gasteiger charge is -2.41. The quantitative estimate of drug-likeness (QED) is 0.572. The molecule has 0 bridgehead atoms. The lowest BCUT2D eigenvalue weighted by molar-refractivity contribution is -0.148. The van der Waals surface area contributed by atoms with Gasteiger partial charge in [0.2, 0.25) is 0 Å². The molecule has 2 heterocycles. The van der Waals surface area contributed by atoms with Gasteiger partial charge in [0, 0.05) is 30.9 Å². The molecule has 3 aromatic rings. The van der Waals surface area contributed by atoms with Crippen molar-refractivity contribution in [1.82, 2.24) is 9.88 Å². The number of benzene rings is 2. The maximum Gasteiger partial charge on any atom is 0.309 e. The molecule has 1 atom stereocenters. The summed E-state index contributed by atoms with van der Waals surface area (Å²) in [7, 11) is 0. The molecule has 0 spiro atoms. The maximum atomic E-state index is 11.0. The Balaban J connectivity index is 1.45. The van der Waals surface area contributed by atoms with E-state index < -0.39 is 5.97 Å². The number of aromatic nitrogens is 1. The fourth-order valence-electron chi connectivity index (χ4n) is 3.67. The fourth-order valence-corrected chi connectivity index (χ4v) is 4.60. The minimum Gasteiger partial charge on any atom is -0.481 e. The zero-order valence-electron chi connectivity index (χ0n) is 17.0. The van der Waals surface area contributed by atoms with Gasteiger partial charge < -0.3 is 5.11 Å². The normalized spacial score (nSPS) is 16.0. The summed E-state index contributed by atoms with van der Waals surface area (Å²) < 4.78 is 0. The number of hydrogen-bond donors (Lipinski definition) is 1. The van der Waals surface area contributed by atoms with Crippen LogP contribution in [0.25, 0.3) is 21.0 Å². The third kappa shape index (κ3) is 4.11. The molecule has 2 aromatic carbocycles. The van der Waals surface area contributed by atoms with Crippen molar-refractivity contribution in [3.63, 3.8) is 0 Å². The van der Waals surface area contributed by atoms with E-state index in [0.29, 0.717) is 19.0 Å². The standard InChI is InChI=1S/C24H26N2O2S/c1-15(2)17-4-8-19(9-5-17)22-12-25-23(29-22)20-10-6-18(7-11-20)16(3)26-13-21(14-26)24(27)28/h4-12,15-16,21H,13-14H2,1-3H3,(H,27,28). The van der Waals surface area contributed by atoms with Crippen LogP contribution in [0.15, 0.2) is 54.7 Å². The number of rotatable bonds is 6. The van der Waals surface area contributed by atoms with Gasteiger partial charge in [-0.3, -0.25) is 9.69 Å². The second kappa shape index (κ2) is 8.09. The van der Waals surface area contributed by atoms with Gasteiger partial charge in [-0.2, -0.15) is 0 Å². The Labute approximate surface area is 175 Å². The van der Waals surface area contributed by atoms with Crippen LogP contribution in [0.5, 0.6) is 0 Å². The van der Waals surface area contributed by atoms with Crippen LogP contribution in [0.4, 0.5) is 0 Å². The Morgan fingerprint density at radius 2 is 1.59 bits per heavy atom. The molecule has 0 saturated carbocycles. The summed E-state index contributed by atoms with van der Waals surface area (Å²) in [6.07, 6.45) is 1.95. The van der Waals surface area contributed by atoms with E-state index in [1.165, 1.54) is 21.6 Å². The molecule has 1 fully saturated rings. The van der Waals surface area contributed by atoms with Gasteiger partial charge in [0.15, 0.2) is 0 Å². The third-order valence-electron chi connectivity index (χ3n) is 5.81. The van der Waals surface area contributed by atoms with Gasteiger partial charge >= 0.3 is 5.97 Å². The Morgan fingerprint density at radius 3 is 2.17 bits per heavy atom. The molecule has 1 aliphatic heterocycles. The van der Waals surface area contributed by atoms with Crippen LogP contribution in [-0.2, 0) is 4.79 Å². The average molecular weight is 407 g/mol. The van der Waals surface area contributed by atoms with Crippen molar-refractivity contribution in [3.8, 4) is 21.0 Å². The van der Waals surface area contributed by atoms with Gasteiger partial charge in [-0.25, -0.2) is 4.98 Å². The molecule has 1 aliphatic rings. The smallest absolute Gasteiger partial charge is 0.309 e. The summed E-state index contributed by atoms with van der Waals surface area (Å²) in [5.41, 5.74) is 4.87. The Kier molecular flexibility index (Phi) is 5.52. The van der Waals surface area contributed by atoms with Crippen LogP contribution in [0.2, 0.25) is 0 Å². The van der Waals surface area contributed by atoms with E-state index in [-0.39, 0.29) is 12.0 Å². The largest absolute Gasteiger partial charge is 0.481 e. The van der Waals surface area contributed by atoms with Crippen molar-refractivity contribution in [2.24, 2.45) is 5.92 Å². The van der Waals surface area contributed by atoms with Crippen LogP contribution in [0.1, 0.15) is 43.9 Å². The van der Waals surface area contributed by atoms with Crippen LogP contribution < -0.4 is 0 Å².